The number of rotatable bonds is 7. The molecule has 2 unspecified atom stereocenters. The first-order chi connectivity index (χ1) is 8.90. The Morgan fingerprint density at radius 1 is 1.28 bits per heavy atom. The van der Waals surface area contributed by atoms with Gasteiger partial charge in [0, 0.05) is 0 Å². The minimum absolute atomic E-state index is 0.934. The molecule has 1 aliphatic rings. The van der Waals surface area contributed by atoms with Gasteiger partial charge in [-0.25, -0.2) is 0 Å². The monoisotopic (exact) mass is 265 g/mol. The SMILES string of the molecule is CCCNCC1CCCCC1CCc1ccsc1. The fraction of sp³-hybridized carbons (Fsp3) is 0.750. The summed E-state index contributed by atoms with van der Waals surface area (Å²) in [5, 5.41) is 8.15. The van der Waals surface area contributed by atoms with Crippen molar-refractivity contribution in [1.29, 1.82) is 0 Å². The van der Waals surface area contributed by atoms with Gasteiger partial charge >= 0.3 is 0 Å². The molecular weight excluding hydrogens is 238 g/mol. The normalized spacial score (nSPS) is 24.3. The van der Waals surface area contributed by atoms with Crippen molar-refractivity contribution in [3.63, 3.8) is 0 Å². The van der Waals surface area contributed by atoms with Gasteiger partial charge in [0.15, 0.2) is 0 Å². The average molecular weight is 265 g/mol. The highest BCUT2D eigenvalue weighted by Gasteiger charge is 2.24. The summed E-state index contributed by atoms with van der Waals surface area (Å²) in [5.41, 5.74) is 1.55. The second kappa shape index (κ2) is 7.96. The van der Waals surface area contributed by atoms with Crippen LogP contribution in [0.3, 0.4) is 0 Å². The van der Waals surface area contributed by atoms with Crippen molar-refractivity contribution in [3.8, 4) is 0 Å². The number of thiophene rings is 1. The van der Waals surface area contributed by atoms with Crippen molar-refractivity contribution in [3.05, 3.63) is 22.4 Å². The van der Waals surface area contributed by atoms with E-state index in [0.717, 1.165) is 11.8 Å². The third kappa shape index (κ3) is 4.40. The smallest absolute Gasteiger partial charge is 0.00179 e. The van der Waals surface area contributed by atoms with Crippen LogP contribution >= 0.6 is 11.3 Å². The molecule has 0 aliphatic heterocycles. The molecular formula is C16H27NS. The molecule has 1 aromatic heterocycles. The van der Waals surface area contributed by atoms with E-state index in [-0.39, 0.29) is 0 Å². The molecule has 2 heteroatoms. The zero-order valence-electron chi connectivity index (χ0n) is 11.7. The molecule has 2 atom stereocenters. The summed E-state index contributed by atoms with van der Waals surface area (Å²) in [6, 6.07) is 2.29. The van der Waals surface area contributed by atoms with E-state index < -0.39 is 0 Å². The maximum absolute atomic E-state index is 3.63. The molecule has 0 amide bonds. The van der Waals surface area contributed by atoms with Gasteiger partial charge in [-0.15, -0.1) is 0 Å². The molecule has 1 saturated carbocycles. The summed E-state index contributed by atoms with van der Waals surface area (Å²) in [4.78, 5) is 0. The predicted molar refractivity (Wildman–Crippen MR) is 81.2 cm³/mol. The van der Waals surface area contributed by atoms with Crippen molar-refractivity contribution < 1.29 is 0 Å². The first-order valence-electron chi connectivity index (χ1n) is 7.62. The highest BCUT2D eigenvalue weighted by Crippen LogP contribution is 2.33. The molecule has 2 rings (SSSR count). The Hall–Kier alpha value is -0.340. The van der Waals surface area contributed by atoms with E-state index >= 15 is 0 Å². The van der Waals surface area contributed by atoms with E-state index in [1.54, 1.807) is 5.56 Å². The molecule has 0 bridgehead atoms. The van der Waals surface area contributed by atoms with Gasteiger partial charge in [-0.3, -0.25) is 0 Å². The number of hydrogen-bond donors (Lipinski definition) is 1. The molecule has 1 heterocycles. The summed E-state index contributed by atoms with van der Waals surface area (Å²) < 4.78 is 0. The summed E-state index contributed by atoms with van der Waals surface area (Å²) in [6.07, 6.45) is 9.76. The number of nitrogens with one attached hydrogen (secondary N) is 1. The molecule has 18 heavy (non-hydrogen) atoms. The molecule has 1 N–H and O–H groups in total. The third-order valence-electron chi connectivity index (χ3n) is 4.28. The molecule has 1 nitrogen and oxygen atoms in total. The zero-order valence-corrected chi connectivity index (χ0v) is 12.5. The number of aryl methyl sites for hydroxylation is 1. The Bertz CT molecular complexity index is 307. The van der Waals surface area contributed by atoms with Crippen molar-refractivity contribution in [2.75, 3.05) is 13.1 Å². The quantitative estimate of drug-likeness (QED) is 0.716. The van der Waals surface area contributed by atoms with Crippen molar-refractivity contribution in [2.24, 2.45) is 11.8 Å². The largest absolute Gasteiger partial charge is 0.316 e. The Balaban J connectivity index is 1.76. The maximum Gasteiger partial charge on any atom is -0.00179 e. The van der Waals surface area contributed by atoms with E-state index in [4.69, 9.17) is 0 Å². The lowest BCUT2D eigenvalue weighted by atomic mass is 9.76. The van der Waals surface area contributed by atoms with Gasteiger partial charge in [0.05, 0.1) is 0 Å². The van der Waals surface area contributed by atoms with Crippen LogP contribution in [0, 0.1) is 11.8 Å². The highest BCUT2D eigenvalue weighted by molar-refractivity contribution is 7.07. The molecule has 0 saturated heterocycles. The molecule has 1 aliphatic carbocycles. The standard InChI is InChI=1S/C16H27NS/c1-2-10-17-12-16-6-4-3-5-15(16)8-7-14-9-11-18-13-14/h9,11,13,15-17H,2-8,10,12H2,1H3. The summed E-state index contributed by atoms with van der Waals surface area (Å²) in [7, 11) is 0. The van der Waals surface area contributed by atoms with Crippen LogP contribution in [0.2, 0.25) is 0 Å². The lowest BCUT2D eigenvalue weighted by Crippen LogP contribution is -2.31. The van der Waals surface area contributed by atoms with Crippen LogP contribution in [0.25, 0.3) is 0 Å². The van der Waals surface area contributed by atoms with Crippen LogP contribution in [0.4, 0.5) is 0 Å². The van der Waals surface area contributed by atoms with Gasteiger partial charge in [0.25, 0.3) is 0 Å². The summed E-state index contributed by atoms with van der Waals surface area (Å²) in [5.74, 6) is 1.90. The van der Waals surface area contributed by atoms with Crippen LogP contribution in [0.5, 0.6) is 0 Å². The Kier molecular flexibility index (Phi) is 6.22. The Morgan fingerprint density at radius 2 is 2.11 bits per heavy atom. The Labute approximate surface area is 116 Å². The van der Waals surface area contributed by atoms with Crippen LogP contribution in [-0.2, 0) is 6.42 Å². The summed E-state index contributed by atoms with van der Waals surface area (Å²) >= 11 is 1.83. The maximum atomic E-state index is 3.63. The second-order valence-corrected chi connectivity index (χ2v) is 6.46. The van der Waals surface area contributed by atoms with E-state index in [1.165, 1.54) is 58.0 Å². The van der Waals surface area contributed by atoms with Gasteiger partial charge in [-0.05, 0) is 73.0 Å². The molecule has 1 aromatic rings. The summed E-state index contributed by atoms with van der Waals surface area (Å²) in [6.45, 7) is 4.69. The highest BCUT2D eigenvalue weighted by atomic mass is 32.1. The molecule has 0 radical (unpaired) electrons. The zero-order chi connectivity index (χ0) is 12.6. The number of hydrogen-bond acceptors (Lipinski definition) is 2. The minimum Gasteiger partial charge on any atom is -0.316 e. The topological polar surface area (TPSA) is 12.0 Å². The van der Waals surface area contributed by atoms with Gasteiger partial charge in [-0.1, -0.05) is 26.2 Å². The fourth-order valence-electron chi connectivity index (χ4n) is 3.18. The third-order valence-corrected chi connectivity index (χ3v) is 5.02. The minimum atomic E-state index is 0.934. The Morgan fingerprint density at radius 3 is 2.83 bits per heavy atom. The first kappa shape index (κ1) is 14.1. The van der Waals surface area contributed by atoms with Crippen molar-refractivity contribution >= 4 is 11.3 Å². The molecule has 1 fully saturated rings. The van der Waals surface area contributed by atoms with Gasteiger partial charge < -0.3 is 5.32 Å². The average Bonchev–Trinajstić information content (AvgIpc) is 2.91. The van der Waals surface area contributed by atoms with Gasteiger partial charge in [0.1, 0.15) is 0 Å². The van der Waals surface area contributed by atoms with Gasteiger partial charge in [-0.2, -0.15) is 11.3 Å². The predicted octanol–water partition coefficient (Wildman–Crippen LogP) is 4.49. The van der Waals surface area contributed by atoms with E-state index in [9.17, 15) is 0 Å². The van der Waals surface area contributed by atoms with Crippen molar-refractivity contribution in [2.45, 2.75) is 51.9 Å². The van der Waals surface area contributed by atoms with Gasteiger partial charge in [0.2, 0.25) is 0 Å². The molecule has 102 valence electrons. The van der Waals surface area contributed by atoms with Crippen LogP contribution in [0.1, 0.15) is 51.0 Å². The molecule has 0 aromatic carbocycles. The second-order valence-electron chi connectivity index (χ2n) is 5.68. The van der Waals surface area contributed by atoms with Crippen LogP contribution < -0.4 is 5.32 Å². The lowest BCUT2D eigenvalue weighted by Gasteiger charge is -2.32. The van der Waals surface area contributed by atoms with Crippen LogP contribution in [-0.4, -0.2) is 13.1 Å². The van der Waals surface area contributed by atoms with Crippen molar-refractivity contribution in [1.82, 2.24) is 5.32 Å². The van der Waals surface area contributed by atoms with Crippen LogP contribution in [0.15, 0.2) is 16.8 Å². The lowest BCUT2D eigenvalue weighted by molar-refractivity contribution is 0.218. The first-order valence-corrected chi connectivity index (χ1v) is 8.56. The van der Waals surface area contributed by atoms with E-state index in [1.807, 2.05) is 11.3 Å². The molecule has 0 spiro atoms. The fourth-order valence-corrected chi connectivity index (χ4v) is 3.89. The van der Waals surface area contributed by atoms with E-state index in [2.05, 4.69) is 29.1 Å². The van der Waals surface area contributed by atoms with E-state index in [0.29, 0.717) is 0 Å².